The number of likely N-dealkylation sites (tertiary alicyclic amines) is 1. The summed E-state index contributed by atoms with van der Waals surface area (Å²) in [6, 6.07) is 6.61. The second-order valence-electron chi connectivity index (χ2n) is 8.19. The predicted octanol–water partition coefficient (Wildman–Crippen LogP) is 5.05. The van der Waals surface area contributed by atoms with Crippen LogP contribution in [-0.4, -0.2) is 36.2 Å². The van der Waals surface area contributed by atoms with Crippen LogP contribution in [0.25, 0.3) is 0 Å². The fraction of sp³-hybridized carbons (Fsp3) is 0.591. The molecule has 1 saturated heterocycles. The minimum Gasteiger partial charge on any atom is -0.381 e. The molecular formula is C22H32N2OS. The number of hydrogen-bond donors (Lipinski definition) is 0. The van der Waals surface area contributed by atoms with Crippen LogP contribution in [0.1, 0.15) is 50.4 Å². The average Bonchev–Trinajstić information content (AvgIpc) is 3.29. The van der Waals surface area contributed by atoms with Crippen molar-refractivity contribution in [3.8, 4) is 0 Å². The van der Waals surface area contributed by atoms with Gasteiger partial charge < -0.3 is 4.74 Å². The summed E-state index contributed by atoms with van der Waals surface area (Å²) in [5, 5.41) is 4.46. The first-order valence-electron chi connectivity index (χ1n) is 9.72. The first-order valence-corrected chi connectivity index (χ1v) is 10.7. The third-order valence-electron chi connectivity index (χ3n) is 5.98. The van der Waals surface area contributed by atoms with Crippen LogP contribution in [0.15, 0.2) is 35.2 Å². The third-order valence-corrected chi connectivity index (χ3v) is 6.72. The molecule has 3 rings (SSSR count). The molecule has 1 fully saturated rings. The van der Waals surface area contributed by atoms with Gasteiger partial charge in [0.1, 0.15) is 0 Å². The van der Waals surface area contributed by atoms with Crippen LogP contribution in [0.5, 0.6) is 0 Å². The molecule has 0 aromatic carbocycles. The van der Waals surface area contributed by atoms with Crippen molar-refractivity contribution in [2.45, 2.75) is 52.5 Å². The first kappa shape index (κ1) is 19.5. The van der Waals surface area contributed by atoms with Gasteiger partial charge in [0.2, 0.25) is 0 Å². The summed E-state index contributed by atoms with van der Waals surface area (Å²) >= 11 is 1.79. The van der Waals surface area contributed by atoms with E-state index in [9.17, 15) is 0 Å². The first-order chi connectivity index (χ1) is 12.5. The van der Waals surface area contributed by atoms with E-state index in [4.69, 9.17) is 4.74 Å². The maximum Gasteiger partial charge on any atom is 0.0535 e. The predicted molar refractivity (Wildman–Crippen MR) is 110 cm³/mol. The molecule has 2 aromatic heterocycles. The zero-order valence-electron chi connectivity index (χ0n) is 16.6. The van der Waals surface area contributed by atoms with E-state index in [0.717, 1.165) is 38.4 Å². The van der Waals surface area contributed by atoms with Crippen LogP contribution < -0.4 is 0 Å². The summed E-state index contributed by atoms with van der Waals surface area (Å²) in [4.78, 5) is 7.15. The Hall–Kier alpha value is -1.23. The van der Waals surface area contributed by atoms with E-state index >= 15 is 0 Å². The average molecular weight is 373 g/mol. The highest BCUT2D eigenvalue weighted by molar-refractivity contribution is 7.07. The lowest BCUT2D eigenvalue weighted by atomic mass is 9.82. The van der Waals surface area contributed by atoms with Crippen LogP contribution >= 0.6 is 11.3 Å². The van der Waals surface area contributed by atoms with Gasteiger partial charge >= 0.3 is 0 Å². The van der Waals surface area contributed by atoms with Crippen LogP contribution in [0.3, 0.4) is 0 Å². The molecule has 0 amide bonds. The Bertz CT molecular complexity index is 681. The Morgan fingerprint density at radius 1 is 1.31 bits per heavy atom. The second kappa shape index (κ2) is 8.20. The molecular weight excluding hydrogens is 340 g/mol. The second-order valence-corrected chi connectivity index (χ2v) is 8.97. The van der Waals surface area contributed by atoms with E-state index in [2.05, 4.69) is 59.6 Å². The van der Waals surface area contributed by atoms with Gasteiger partial charge in [-0.15, -0.1) is 0 Å². The normalized spacial score (nSPS) is 21.4. The number of thiophene rings is 1. The summed E-state index contributed by atoms with van der Waals surface area (Å²) in [7, 11) is 0. The van der Waals surface area contributed by atoms with Crippen LogP contribution in [0.4, 0.5) is 0 Å². The van der Waals surface area contributed by atoms with Gasteiger partial charge in [0, 0.05) is 36.0 Å². The summed E-state index contributed by atoms with van der Waals surface area (Å²) in [6.45, 7) is 12.7. The number of aryl methyl sites for hydroxylation is 2. The van der Waals surface area contributed by atoms with Crippen molar-refractivity contribution >= 4 is 11.3 Å². The van der Waals surface area contributed by atoms with Gasteiger partial charge in [-0.3, -0.25) is 9.88 Å². The number of ether oxygens (including phenoxy) is 1. The summed E-state index contributed by atoms with van der Waals surface area (Å²) in [5.74, 6) is 0. The van der Waals surface area contributed by atoms with Crippen molar-refractivity contribution in [1.29, 1.82) is 0 Å². The Labute approximate surface area is 162 Å². The standard InChI is InChI=1S/C22H32N2OS/c1-5-25-17-22(10-8-19-9-13-26-15-19)11-12-24(16-22)21(3,4)20-7-6-18(2)23-14-20/h6-7,9,13-15H,5,8,10-12,16-17H2,1-4H3/t22-/m1/s1. The van der Waals surface area contributed by atoms with Crippen molar-refractivity contribution in [2.75, 3.05) is 26.3 Å². The zero-order valence-corrected chi connectivity index (χ0v) is 17.4. The fourth-order valence-electron chi connectivity index (χ4n) is 3.98. The topological polar surface area (TPSA) is 25.4 Å². The highest BCUT2D eigenvalue weighted by Gasteiger charge is 2.43. The molecule has 0 aliphatic carbocycles. The molecule has 1 atom stereocenters. The zero-order chi connectivity index (χ0) is 18.6. The highest BCUT2D eigenvalue weighted by Crippen LogP contribution is 2.41. The minimum atomic E-state index is -0.00293. The summed E-state index contributed by atoms with van der Waals surface area (Å²) in [6.07, 6.45) is 5.60. The maximum atomic E-state index is 5.94. The van der Waals surface area contributed by atoms with E-state index in [1.54, 1.807) is 11.3 Å². The molecule has 4 heteroatoms. The Morgan fingerprint density at radius 3 is 2.81 bits per heavy atom. The quantitative estimate of drug-likeness (QED) is 0.648. The number of pyridine rings is 1. The molecule has 0 saturated carbocycles. The van der Waals surface area contributed by atoms with Crippen LogP contribution in [0, 0.1) is 12.3 Å². The Morgan fingerprint density at radius 2 is 2.15 bits per heavy atom. The fourth-order valence-corrected chi connectivity index (χ4v) is 4.68. The van der Waals surface area contributed by atoms with E-state index in [0.29, 0.717) is 0 Å². The Kier molecular flexibility index (Phi) is 6.16. The van der Waals surface area contributed by atoms with Gasteiger partial charge in [-0.05, 0) is 87.5 Å². The summed E-state index contributed by atoms with van der Waals surface area (Å²) in [5.41, 5.74) is 4.09. The van der Waals surface area contributed by atoms with Gasteiger partial charge in [0.15, 0.2) is 0 Å². The molecule has 0 N–H and O–H groups in total. The van der Waals surface area contributed by atoms with Crippen molar-refractivity contribution in [1.82, 2.24) is 9.88 Å². The number of rotatable bonds is 8. The van der Waals surface area contributed by atoms with E-state index < -0.39 is 0 Å². The van der Waals surface area contributed by atoms with Gasteiger partial charge in [0.05, 0.1) is 6.61 Å². The molecule has 1 aliphatic rings. The Balaban J connectivity index is 1.73. The molecule has 3 heterocycles. The number of hydrogen-bond acceptors (Lipinski definition) is 4. The minimum absolute atomic E-state index is 0.00293. The molecule has 0 bridgehead atoms. The lowest BCUT2D eigenvalue weighted by molar-refractivity contribution is 0.0385. The highest BCUT2D eigenvalue weighted by atomic mass is 32.1. The molecule has 3 nitrogen and oxygen atoms in total. The molecule has 2 aromatic rings. The molecule has 26 heavy (non-hydrogen) atoms. The lowest BCUT2D eigenvalue weighted by Gasteiger charge is -2.38. The van der Waals surface area contributed by atoms with Gasteiger partial charge in [-0.2, -0.15) is 11.3 Å². The van der Waals surface area contributed by atoms with Gasteiger partial charge in [-0.25, -0.2) is 0 Å². The molecule has 142 valence electrons. The number of nitrogens with zero attached hydrogens (tertiary/aromatic N) is 2. The molecule has 0 spiro atoms. The summed E-state index contributed by atoms with van der Waals surface area (Å²) < 4.78 is 5.94. The van der Waals surface area contributed by atoms with Gasteiger partial charge in [0.25, 0.3) is 0 Å². The molecule has 0 unspecified atom stereocenters. The molecule has 1 aliphatic heterocycles. The van der Waals surface area contributed by atoms with E-state index in [-0.39, 0.29) is 11.0 Å². The van der Waals surface area contributed by atoms with Crippen LogP contribution in [0.2, 0.25) is 0 Å². The van der Waals surface area contributed by atoms with Crippen LogP contribution in [-0.2, 0) is 16.7 Å². The molecule has 0 radical (unpaired) electrons. The number of aromatic nitrogens is 1. The van der Waals surface area contributed by atoms with Crippen molar-refractivity contribution in [3.63, 3.8) is 0 Å². The van der Waals surface area contributed by atoms with E-state index in [1.807, 2.05) is 13.1 Å². The van der Waals surface area contributed by atoms with Crippen molar-refractivity contribution in [2.24, 2.45) is 5.41 Å². The smallest absolute Gasteiger partial charge is 0.0535 e. The maximum absolute atomic E-state index is 5.94. The monoisotopic (exact) mass is 372 g/mol. The SMILES string of the molecule is CCOC[C@]1(CCc2ccsc2)CCN(C(C)(C)c2ccc(C)nc2)C1. The van der Waals surface area contributed by atoms with Gasteiger partial charge in [-0.1, -0.05) is 6.07 Å². The van der Waals surface area contributed by atoms with Crippen molar-refractivity contribution in [3.05, 3.63) is 52.0 Å². The lowest BCUT2D eigenvalue weighted by Crippen LogP contribution is -2.42. The van der Waals surface area contributed by atoms with E-state index in [1.165, 1.54) is 24.0 Å². The largest absolute Gasteiger partial charge is 0.381 e. The van der Waals surface area contributed by atoms with Crippen molar-refractivity contribution < 1.29 is 4.74 Å². The third kappa shape index (κ3) is 4.36.